The number of hydrogen-bond donors (Lipinski definition) is 2. The van der Waals surface area contributed by atoms with E-state index in [4.69, 9.17) is 9.84 Å². The van der Waals surface area contributed by atoms with Gasteiger partial charge in [0.15, 0.2) is 0 Å². The summed E-state index contributed by atoms with van der Waals surface area (Å²) in [7, 11) is 0. The Kier molecular flexibility index (Phi) is 4.96. The maximum Gasteiger partial charge on any atom is 0.139 e. The van der Waals surface area contributed by atoms with Gasteiger partial charge in [0.25, 0.3) is 0 Å². The van der Waals surface area contributed by atoms with Crippen LogP contribution in [-0.2, 0) is 19.8 Å². The summed E-state index contributed by atoms with van der Waals surface area (Å²) in [5.41, 5.74) is 2.64. The zero-order valence-electron chi connectivity index (χ0n) is 10.3. The zero-order chi connectivity index (χ0) is 13.7. The van der Waals surface area contributed by atoms with Crippen LogP contribution in [0.5, 0.6) is 5.75 Å². The van der Waals surface area contributed by atoms with Crippen LogP contribution in [-0.4, -0.2) is 10.2 Å². The van der Waals surface area contributed by atoms with Gasteiger partial charge in [-0.1, -0.05) is 36.4 Å². The van der Waals surface area contributed by atoms with Gasteiger partial charge in [0.1, 0.15) is 12.4 Å². The number of para-hydroxylation sites is 1. The van der Waals surface area contributed by atoms with Crippen molar-refractivity contribution in [3.63, 3.8) is 0 Å². The highest BCUT2D eigenvalue weighted by Crippen LogP contribution is 2.29. The first kappa shape index (κ1) is 14.1. The van der Waals surface area contributed by atoms with Gasteiger partial charge >= 0.3 is 0 Å². The van der Waals surface area contributed by atoms with E-state index in [-0.39, 0.29) is 13.2 Å². The Labute approximate surface area is 120 Å². The Morgan fingerprint density at radius 3 is 2.21 bits per heavy atom. The van der Waals surface area contributed by atoms with Crippen LogP contribution in [0.3, 0.4) is 0 Å². The third-order valence-corrected chi connectivity index (χ3v) is 3.43. The van der Waals surface area contributed by atoms with Crippen LogP contribution in [0.1, 0.15) is 16.7 Å². The Bertz CT molecular complexity index is 538. The molecule has 100 valence electrons. The van der Waals surface area contributed by atoms with Crippen molar-refractivity contribution >= 4 is 15.9 Å². The fraction of sp³-hybridized carbons (Fsp3) is 0.200. The summed E-state index contributed by atoms with van der Waals surface area (Å²) in [6, 6.07) is 13.1. The highest BCUT2D eigenvalue weighted by atomic mass is 79.9. The minimum Gasteiger partial charge on any atom is -0.487 e. The first-order valence-corrected chi connectivity index (χ1v) is 6.73. The van der Waals surface area contributed by atoms with Gasteiger partial charge in [-0.3, -0.25) is 0 Å². The minimum absolute atomic E-state index is 0.0417. The summed E-state index contributed by atoms with van der Waals surface area (Å²) < 4.78 is 6.57. The SMILES string of the molecule is OCc1ccc(COc2c(Br)cccc2CO)cc1. The van der Waals surface area contributed by atoms with Crippen LogP contribution in [0.4, 0.5) is 0 Å². The number of rotatable bonds is 5. The molecule has 0 heterocycles. The lowest BCUT2D eigenvalue weighted by atomic mass is 10.1. The van der Waals surface area contributed by atoms with Gasteiger partial charge in [-0.05, 0) is 33.1 Å². The molecule has 2 rings (SSSR count). The van der Waals surface area contributed by atoms with Crippen molar-refractivity contribution in [2.24, 2.45) is 0 Å². The monoisotopic (exact) mass is 322 g/mol. The molecule has 0 aliphatic heterocycles. The molecule has 0 aliphatic rings. The molecule has 3 nitrogen and oxygen atoms in total. The fourth-order valence-corrected chi connectivity index (χ4v) is 2.26. The Morgan fingerprint density at radius 2 is 1.58 bits per heavy atom. The smallest absolute Gasteiger partial charge is 0.139 e. The summed E-state index contributed by atoms with van der Waals surface area (Å²) >= 11 is 3.42. The van der Waals surface area contributed by atoms with E-state index in [1.807, 2.05) is 42.5 Å². The van der Waals surface area contributed by atoms with E-state index < -0.39 is 0 Å². The van der Waals surface area contributed by atoms with Crippen LogP contribution < -0.4 is 4.74 Å². The summed E-state index contributed by atoms with van der Waals surface area (Å²) in [6.45, 7) is 0.402. The number of aliphatic hydroxyl groups is 2. The Morgan fingerprint density at radius 1 is 0.895 bits per heavy atom. The Balaban J connectivity index is 2.09. The molecule has 0 amide bonds. The second kappa shape index (κ2) is 6.70. The summed E-state index contributed by atoms with van der Waals surface area (Å²) in [5.74, 6) is 0.663. The van der Waals surface area contributed by atoms with Crippen molar-refractivity contribution in [2.75, 3.05) is 0 Å². The van der Waals surface area contributed by atoms with Gasteiger partial charge in [0.2, 0.25) is 0 Å². The predicted octanol–water partition coefficient (Wildman–Crippen LogP) is 3.01. The second-order valence-corrected chi connectivity index (χ2v) is 5.00. The van der Waals surface area contributed by atoms with E-state index >= 15 is 0 Å². The molecular weight excluding hydrogens is 308 g/mol. The number of hydrogen-bond acceptors (Lipinski definition) is 3. The van der Waals surface area contributed by atoms with Gasteiger partial charge in [-0.15, -0.1) is 0 Å². The molecule has 2 aromatic carbocycles. The lowest BCUT2D eigenvalue weighted by Crippen LogP contribution is -2.00. The number of ether oxygens (including phenoxy) is 1. The van der Waals surface area contributed by atoms with Crippen LogP contribution in [0.15, 0.2) is 46.9 Å². The molecule has 0 aromatic heterocycles. The second-order valence-electron chi connectivity index (χ2n) is 4.15. The zero-order valence-corrected chi connectivity index (χ0v) is 11.9. The van der Waals surface area contributed by atoms with Gasteiger partial charge in [-0.2, -0.15) is 0 Å². The van der Waals surface area contributed by atoms with Crippen LogP contribution in [0.25, 0.3) is 0 Å². The quantitative estimate of drug-likeness (QED) is 0.889. The summed E-state index contributed by atoms with van der Waals surface area (Å²) in [4.78, 5) is 0. The normalized spacial score (nSPS) is 10.5. The maximum atomic E-state index is 9.28. The molecule has 0 unspecified atom stereocenters. The molecule has 0 saturated carbocycles. The lowest BCUT2D eigenvalue weighted by Gasteiger charge is -2.12. The van der Waals surface area contributed by atoms with Crippen molar-refractivity contribution < 1.29 is 14.9 Å². The van der Waals surface area contributed by atoms with E-state index in [1.165, 1.54) is 0 Å². The van der Waals surface area contributed by atoms with Crippen molar-refractivity contribution in [1.29, 1.82) is 0 Å². The molecule has 2 aromatic rings. The lowest BCUT2D eigenvalue weighted by molar-refractivity contribution is 0.258. The molecular formula is C15H15BrO3. The van der Waals surface area contributed by atoms with E-state index in [1.54, 1.807) is 0 Å². The minimum atomic E-state index is -0.0573. The van der Waals surface area contributed by atoms with Crippen LogP contribution in [0.2, 0.25) is 0 Å². The van der Waals surface area contributed by atoms with Crippen molar-refractivity contribution in [3.05, 3.63) is 63.6 Å². The first-order valence-electron chi connectivity index (χ1n) is 5.94. The highest BCUT2D eigenvalue weighted by Gasteiger charge is 2.07. The molecule has 0 fully saturated rings. The topological polar surface area (TPSA) is 49.7 Å². The van der Waals surface area contributed by atoms with E-state index in [9.17, 15) is 5.11 Å². The molecule has 0 bridgehead atoms. The molecule has 0 radical (unpaired) electrons. The largest absolute Gasteiger partial charge is 0.487 e. The van der Waals surface area contributed by atoms with Crippen LogP contribution >= 0.6 is 15.9 Å². The van der Waals surface area contributed by atoms with Gasteiger partial charge < -0.3 is 14.9 Å². The predicted molar refractivity (Wildman–Crippen MR) is 76.8 cm³/mol. The van der Waals surface area contributed by atoms with Gasteiger partial charge in [0, 0.05) is 5.56 Å². The average Bonchev–Trinajstić information content (AvgIpc) is 2.46. The number of halogens is 1. The fourth-order valence-electron chi connectivity index (χ4n) is 1.74. The molecule has 0 saturated heterocycles. The Hall–Kier alpha value is -1.36. The third-order valence-electron chi connectivity index (χ3n) is 2.81. The molecule has 0 aliphatic carbocycles. The van der Waals surface area contributed by atoms with Gasteiger partial charge in [-0.25, -0.2) is 0 Å². The number of aliphatic hydroxyl groups excluding tert-OH is 2. The standard InChI is InChI=1S/C15H15BrO3/c16-14-3-1-2-13(9-18)15(14)19-10-12-6-4-11(8-17)5-7-12/h1-7,17-18H,8-10H2. The maximum absolute atomic E-state index is 9.28. The van der Waals surface area contributed by atoms with Crippen molar-refractivity contribution in [2.45, 2.75) is 19.8 Å². The van der Waals surface area contributed by atoms with Crippen molar-refractivity contribution in [3.8, 4) is 5.75 Å². The summed E-state index contributed by atoms with van der Waals surface area (Å²) in [5, 5.41) is 18.3. The van der Waals surface area contributed by atoms with E-state index in [2.05, 4.69) is 15.9 Å². The molecule has 19 heavy (non-hydrogen) atoms. The van der Waals surface area contributed by atoms with Crippen molar-refractivity contribution in [1.82, 2.24) is 0 Å². The number of benzene rings is 2. The third kappa shape index (κ3) is 3.56. The van der Waals surface area contributed by atoms with E-state index in [0.717, 1.165) is 21.2 Å². The first-order chi connectivity index (χ1) is 9.24. The van der Waals surface area contributed by atoms with Gasteiger partial charge in [0.05, 0.1) is 17.7 Å². The molecule has 0 atom stereocenters. The van der Waals surface area contributed by atoms with Crippen LogP contribution in [0, 0.1) is 0 Å². The summed E-state index contributed by atoms with van der Waals surface area (Å²) in [6.07, 6.45) is 0. The molecule has 4 heteroatoms. The molecule has 0 spiro atoms. The molecule has 2 N–H and O–H groups in total. The van der Waals surface area contributed by atoms with E-state index in [0.29, 0.717) is 12.4 Å². The highest BCUT2D eigenvalue weighted by molar-refractivity contribution is 9.10. The average molecular weight is 323 g/mol.